The molecule has 2 amide bonds. The highest BCUT2D eigenvalue weighted by atomic mass is 32.2. The Hall–Kier alpha value is -0.910. The van der Waals surface area contributed by atoms with E-state index in [2.05, 4.69) is 5.32 Å². The summed E-state index contributed by atoms with van der Waals surface area (Å²) in [5.74, 6) is 1.10. The van der Waals surface area contributed by atoms with Gasteiger partial charge in [0.1, 0.15) is 6.54 Å². The predicted octanol–water partition coefficient (Wildman–Crippen LogP) is 1.78. The molecule has 104 valence electrons. The van der Waals surface area contributed by atoms with Crippen molar-refractivity contribution in [3.63, 3.8) is 0 Å². The normalized spacial score (nSPS) is 21.1. The average Bonchev–Trinajstić information content (AvgIpc) is 2.36. The van der Waals surface area contributed by atoms with Gasteiger partial charge >= 0.3 is 12.0 Å². The van der Waals surface area contributed by atoms with Crippen molar-refractivity contribution in [2.45, 2.75) is 45.2 Å². The smallest absolute Gasteiger partial charge is 0.323 e. The fraction of sp³-hybridized carbons (Fsp3) is 0.833. The number of nitrogens with zero attached hydrogens (tertiary/aromatic N) is 1. The van der Waals surface area contributed by atoms with Crippen molar-refractivity contribution in [3.05, 3.63) is 0 Å². The minimum Gasteiger partial charge on any atom is -0.480 e. The van der Waals surface area contributed by atoms with Crippen LogP contribution in [0.1, 0.15) is 33.1 Å². The summed E-state index contributed by atoms with van der Waals surface area (Å²) in [5, 5.41) is 11.8. The number of hydrogen-bond acceptors (Lipinski definition) is 3. The van der Waals surface area contributed by atoms with Crippen LogP contribution in [0, 0.1) is 0 Å². The van der Waals surface area contributed by atoms with Crippen LogP contribution in [0.4, 0.5) is 4.79 Å². The fourth-order valence-electron chi connectivity index (χ4n) is 1.91. The molecule has 2 unspecified atom stereocenters. The number of amides is 2. The highest BCUT2D eigenvalue weighted by molar-refractivity contribution is 7.99. The Kier molecular flexibility index (Phi) is 6.32. The first-order valence-electron chi connectivity index (χ1n) is 6.41. The Bertz CT molecular complexity index is 293. The number of carbonyl (C=O) groups is 2. The van der Waals surface area contributed by atoms with Gasteiger partial charge in [-0.25, -0.2) is 4.79 Å². The lowest BCUT2D eigenvalue weighted by atomic mass is 10.2. The highest BCUT2D eigenvalue weighted by Crippen LogP contribution is 2.17. The van der Waals surface area contributed by atoms with E-state index in [0.717, 1.165) is 30.8 Å². The molecule has 0 aromatic rings. The summed E-state index contributed by atoms with van der Waals surface area (Å²) in [4.78, 5) is 24.3. The maximum absolute atomic E-state index is 12.1. The third-order valence-corrected chi connectivity index (χ3v) is 4.39. The summed E-state index contributed by atoms with van der Waals surface area (Å²) in [5.41, 5.74) is 0. The second-order valence-corrected chi connectivity index (χ2v) is 5.79. The number of hydrogen-bond donors (Lipinski definition) is 2. The van der Waals surface area contributed by atoms with Crippen LogP contribution in [-0.4, -0.2) is 52.1 Å². The van der Waals surface area contributed by atoms with E-state index in [9.17, 15) is 9.59 Å². The van der Waals surface area contributed by atoms with E-state index in [1.54, 1.807) is 0 Å². The van der Waals surface area contributed by atoms with E-state index in [1.807, 2.05) is 25.6 Å². The van der Waals surface area contributed by atoms with Gasteiger partial charge in [-0.3, -0.25) is 4.79 Å². The summed E-state index contributed by atoms with van der Waals surface area (Å²) >= 11 is 1.84. The van der Waals surface area contributed by atoms with Crippen LogP contribution in [-0.2, 0) is 4.79 Å². The topological polar surface area (TPSA) is 69.6 Å². The van der Waals surface area contributed by atoms with Gasteiger partial charge in [0.15, 0.2) is 0 Å². The van der Waals surface area contributed by atoms with Gasteiger partial charge in [0, 0.05) is 17.8 Å². The second kappa shape index (κ2) is 7.51. The number of carbonyl (C=O) groups excluding carboxylic acids is 1. The second-order valence-electron chi connectivity index (χ2n) is 4.64. The Balaban J connectivity index is 2.54. The zero-order valence-corrected chi connectivity index (χ0v) is 11.8. The molecule has 0 aliphatic carbocycles. The van der Waals surface area contributed by atoms with E-state index < -0.39 is 5.97 Å². The van der Waals surface area contributed by atoms with Crippen molar-refractivity contribution in [2.75, 3.05) is 18.1 Å². The molecular weight excluding hydrogens is 252 g/mol. The van der Waals surface area contributed by atoms with Gasteiger partial charge in [-0.2, -0.15) is 11.8 Å². The van der Waals surface area contributed by atoms with Crippen molar-refractivity contribution in [1.29, 1.82) is 0 Å². The molecular formula is C12H22N2O3S. The molecule has 18 heavy (non-hydrogen) atoms. The van der Waals surface area contributed by atoms with Crippen LogP contribution in [0.15, 0.2) is 0 Å². The molecule has 1 heterocycles. The molecule has 2 N–H and O–H groups in total. The summed E-state index contributed by atoms with van der Waals surface area (Å²) in [6.45, 7) is 3.59. The molecule has 0 aromatic carbocycles. The monoisotopic (exact) mass is 274 g/mol. The number of aliphatic carboxylic acids is 1. The summed E-state index contributed by atoms with van der Waals surface area (Å²) in [7, 11) is 0. The van der Waals surface area contributed by atoms with Crippen LogP contribution in [0.25, 0.3) is 0 Å². The molecule has 0 radical (unpaired) electrons. The van der Waals surface area contributed by atoms with Crippen LogP contribution >= 0.6 is 11.8 Å². The summed E-state index contributed by atoms with van der Waals surface area (Å²) < 4.78 is 0. The van der Waals surface area contributed by atoms with Crippen molar-refractivity contribution < 1.29 is 14.7 Å². The van der Waals surface area contributed by atoms with Crippen LogP contribution < -0.4 is 5.32 Å². The molecule has 0 aromatic heterocycles. The van der Waals surface area contributed by atoms with Crippen LogP contribution in [0.5, 0.6) is 0 Å². The van der Waals surface area contributed by atoms with Gasteiger partial charge in [-0.05, 0) is 31.9 Å². The van der Waals surface area contributed by atoms with E-state index in [1.165, 1.54) is 4.90 Å². The SMILES string of the molecule is CCC(C)N(CC(=O)O)C(=O)NC1CCCSC1. The molecule has 1 fully saturated rings. The quantitative estimate of drug-likeness (QED) is 0.801. The highest BCUT2D eigenvalue weighted by Gasteiger charge is 2.24. The fourth-order valence-corrected chi connectivity index (χ4v) is 2.98. The van der Waals surface area contributed by atoms with E-state index >= 15 is 0 Å². The Morgan fingerprint density at radius 1 is 1.56 bits per heavy atom. The Morgan fingerprint density at radius 2 is 2.28 bits per heavy atom. The number of carboxylic acid groups (broad SMARTS) is 1. The molecule has 6 heteroatoms. The molecule has 1 aliphatic rings. The summed E-state index contributed by atoms with van der Waals surface area (Å²) in [6, 6.07) is -0.131. The first kappa shape index (κ1) is 15.1. The lowest BCUT2D eigenvalue weighted by Crippen LogP contribution is -2.51. The molecule has 1 saturated heterocycles. The number of nitrogens with one attached hydrogen (secondary N) is 1. The third-order valence-electron chi connectivity index (χ3n) is 3.18. The molecule has 5 nitrogen and oxygen atoms in total. The molecule has 0 spiro atoms. The van der Waals surface area contributed by atoms with Crippen molar-refractivity contribution in [1.82, 2.24) is 10.2 Å². The molecule has 0 bridgehead atoms. The predicted molar refractivity (Wildman–Crippen MR) is 73.0 cm³/mol. The largest absolute Gasteiger partial charge is 0.480 e. The zero-order valence-electron chi connectivity index (χ0n) is 11.0. The van der Waals surface area contributed by atoms with Crippen molar-refractivity contribution >= 4 is 23.8 Å². The lowest BCUT2D eigenvalue weighted by molar-refractivity contribution is -0.138. The first-order valence-corrected chi connectivity index (χ1v) is 7.56. The van der Waals surface area contributed by atoms with E-state index in [0.29, 0.717) is 0 Å². The van der Waals surface area contributed by atoms with E-state index in [-0.39, 0.29) is 24.7 Å². The molecule has 2 atom stereocenters. The van der Waals surface area contributed by atoms with Gasteiger partial charge in [0.05, 0.1) is 0 Å². The van der Waals surface area contributed by atoms with Gasteiger partial charge in [-0.15, -0.1) is 0 Å². The van der Waals surface area contributed by atoms with Crippen LogP contribution in [0.3, 0.4) is 0 Å². The lowest BCUT2D eigenvalue weighted by Gasteiger charge is -2.30. The van der Waals surface area contributed by atoms with Gasteiger partial charge < -0.3 is 15.3 Å². The Morgan fingerprint density at radius 3 is 2.78 bits per heavy atom. The number of urea groups is 1. The third kappa shape index (κ3) is 4.76. The standard InChI is InChI=1S/C12H22N2O3S/c1-3-9(2)14(7-11(15)16)12(17)13-10-5-4-6-18-8-10/h9-10H,3-8H2,1-2H3,(H,13,17)(H,15,16). The maximum atomic E-state index is 12.1. The van der Waals surface area contributed by atoms with Gasteiger partial charge in [0.2, 0.25) is 0 Å². The van der Waals surface area contributed by atoms with E-state index in [4.69, 9.17) is 5.11 Å². The summed E-state index contributed by atoms with van der Waals surface area (Å²) in [6.07, 6.45) is 2.85. The van der Waals surface area contributed by atoms with Gasteiger partial charge in [0.25, 0.3) is 0 Å². The number of rotatable bonds is 5. The minimum absolute atomic E-state index is 0.0580. The Labute approximate surface area is 112 Å². The minimum atomic E-state index is -0.969. The van der Waals surface area contributed by atoms with Crippen LogP contribution in [0.2, 0.25) is 0 Å². The maximum Gasteiger partial charge on any atom is 0.323 e. The first-order chi connectivity index (χ1) is 8.54. The molecule has 0 saturated carbocycles. The number of thioether (sulfide) groups is 1. The zero-order chi connectivity index (χ0) is 13.5. The number of carboxylic acids is 1. The van der Waals surface area contributed by atoms with Gasteiger partial charge in [-0.1, -0.05) is 6.92 Å². The average molecular weight is 274 g/mol. The van der Waals surface area contributed by atoms with Crippen molar-refractivity contribution in [2.24, 2.45) is 0 Å². The van der Waals surface area contributed by atoms with Crippen molar-refractivity contribution in [3.8, 4) is 0 Å². The molecule has 1 aliphatic heterocycles. The molecule has 1 rings (SSSR count).